The molecule has 9 heteroatoms. The molecule has 0 unspecified atom stereocenters. The predicted molar refractivity (Wildman–Crippen MR) is 116 cm³/mol. The van der Waals surface area contributed by atoms with Gasteiger partial charge in [-0.25, -0.2) is 0 Å². The Labute approximate surface area is 184 Å². The molecule has 32 heavy (non-hydrogen) atoms. The summed E-state index contributed by atoms with van der Waals surface area (Å²) >= 11 is 0. The Balaban J connectivity index is 1.64. The number of hydrogen-bond acceptors (Lipinski definition) is 4. The molecule has 1 saturated heterocycles. The molecule has 1 aliphatic heterocycles. The Morgan fingerprint density at radius 1 is 1.06 bits per heavy atom. The van der Waals surface area contributed by atoms with Crippen LogP contribution in [0.25, 0.3) is 6.08 Å². The highest BCUT2D eigenvalue weighted by molar-refractivity contribution is 5.92. The Bertz CT molecular complexity index is 1010. The number of piperazine rings is 1. The second-order valence-corrected chi connectivity index (χ2v) is 7.93. The lowest BCUT2D eigenvalue weighted by Gasteiger charge is -2.35. The number of benzene rings is 2. The number of anilines is 1. The minimum absolute atomic E-state index is 0.121. The Hall–Kier alpha value is -3.36. The summed E-state index contributed by atoms with van der Waals surface area (Å²) < 4.78 is 38.7. The lowest BCUT2D eigenvalue weighted by atomic mass is 10.0. The van der Waals surface area contributed by atoms with Gasteiger partial charge in [-0.15, -0.1) is 0 Å². The summed E-state index contributed by atoms with van der Waals surface area (Å²) in [7, 11) is 0. The van der Waals surface area contributed by atoms with Crippen LogP contribution in [0.15, 0.2) is 48.5 Å². The van der Waals surface area contributed by atoms with Crippen LogP contribution >= 0.6 is 0 Å². The average molecular weight is 447 g/mol. The summed E-state index contributed by atoms with van der Waals surface area (Å²) in [5.41, 5.74) is 0.581. The second kappa shape index (κ2) is 9.42. The van der Waals surface area contributed by atoms with Gasteiger partial charge in [0.15, 0.2) is 0 Å². The van der Waals surface area contributed by atoms with Gasteiger partial charge in [0.25, 0.3) is 5.69 Å². The minimum atomic E-state index is -4.66. The zero-order valence-corrected chi connectivity index (χ0v) is 17.8. The molecule has 1 fully saturated rings. The summed E-state index contributed by atoms with van der Waals surface area (Å²) in [5.74, 6) is 0.242. The molecule has 1 heterocycles. The lowest BCUT2D eigenvalue weighted by molar-refractivity contribution is -0.384. The fourth-order valence-corrected chi connectivity index (χ4v) is 3.55. The van der Waals surface area contributed by atoms with Crippen LogP contribution in [0.4, 0.5) is 24.5 Å². The molecule has 3 rings (SSSR count). The highest BCUT2D eigenvalue weighted by atomic mass is 19.4. The van der Waals surface area contributed by atoms with Crippen molar-refractivity contribution in [2.75, 3.05) is 31.1 Å². The fourth-order valence-electron chi connectivity index (χ4n) is 3.55. The van der Waals surface area contributed by atoms with Crippen molar-refractivity contribution in [3.8, 4) is 0 Å². The van der Waals surface area contributed by atoms with E-state index < -0.39 is 22.4 Å². The normalized spacial score (nSPS) is 14.9. The van der Waals surface area contributed by atoms with Gasteiger partial charge in [0.05, 0.1) is 10.5 Å². The van der Waals surface area contributed by atoms with E-state index in [0.29, 0.717) is 25.1 Å². The Morgan fingerprint density at radius 3 is 2.22 bits per heavy atom. The standard InChI is InChI=1S/C23H24F3N3O3/c1-16(2)18-6-3-17(4-7-18)5-10-22(30)28-13-11-27(12-14-28)20-9-8-19(23(24,25)26)15-21(20)29(31)32/h3-10,15-16H,11-14H2,1-2H3/b10-5+. The quantitative estimate of drug-likeness (QED) is 0.363. The SMILES string of the molecule is CC(C)c1ccc(/C=C/C(=O)N2CCN(c3ccc(C(F)(F)F)cc3[N+](=O)[O-])CC2)cc1. The number of nitro groups is 1. The van der Waals surface area contributed by atoms with E-state index in [1.54, 1.807) is 15.9 Å². The van der Waals surface area contributed by atoms with Crippen LogP contribution in [0.1, 0.15) is 36.5 Å². The molecule has 6 nitrogen and oxygen atoms in total. The monoisotopic (exact) mass is 447 g/mol. The summed E-state index contributed by atoms with van der Waals surface area (Å²) in [6, 6.07) is 10.4. The van der Waals surface area contributed by atoms with Crippen molar-refractivity contribution in [1.82, 2.24) is 4.90 Å². The molecule has 0 aromatic heterocycles. The number of halogens is 3. The lowest BCUT2D eigenvalue weighted by Crippen LogP contribution is -2.48. The maximum atomic E-state index is 12.9. The molecular formula is C23H24F3N3O3. The van der Waals surface area contributed by atoms with Crippen LogP contribution in [-0.2, 0) is 11.0 Å². The number of nitro benzene ring substituents is 1. The molecule has 0 atom stereocenters. The van der Waals surface area contributed by atoms with Crippen LogP contribution in [0.3, 0.4) is 0 Å². The third kappa shape index (κ3) is 5.46. The smallest absolute Gasteiger partial charge is 0.362 e. The van der Waals surface area contributed by atoms with Crippen molar-refractivity contribution < 1.29 is 22.9 Å². The maximum Gasteiger partial charge on any atom is 0.416 e. The molecule has 0 N–H and O–H groups in total. The van der Waals surface area contributed by atoms with E-state index in [1.807, 2.05) is 24.3 Å². The molecule has 0 spiro atoms. The van der Waals surface area contributed by atoms with Crippen molar-refractivity contribution in [3.05, 3.63) is 75.3 Å². The van der Waals surface area contributed by atoms with Gasteiger partial charge in [-0.05, 0) is 35.3 Å². The largest absolute Gasteiger partial charge is 0.416 e. The maximum absolute atomic E-state index is 12.9. The van der Waals surface area contributed by atoms with Crippen LogP contribution in [0.5, 0.6) is 0 Å². The minimum Gasteiger partial charge on any atom is -0.362 e. The molecule has 1 aliphatic rings. The van der Waals surface area contributed by atoms with Crippen LogP contribution < -0.4 is 4.90 Å². The molecule has 1 amide bonds. The Kier molecular flexibility index (Phi) is 6.86. The number of alkyl halides is 3. The van der Waals surface area contributed by atoms with Crippen LogP contribution in [0, 0.1) is 10.1 Å². The molecule has 170 valence electrons. The second-order valence-electron chi connectivity index (χ2n) is 7.93. The van der Waals surface area contributed by atoms with Crippen molar-refractivity contribution >= 4 is 23.4 Å². The zero-order chi connectivity index (χ0) is 23.5. The number of hydrogen-bond donors (Lipinski definition) is 0. The zero-order valence-electron chi connectivity index (χ0n) is 17.8. The molecule has 0 radical (unpaired) electrons. The van der Waals surface area contributed by atoms with E-state index in [0.717, 1.165) is 17.7 Å². The fraction of sp³-hybridized carbons (Fsp3) is 0.348. The van der Waals surface area contributed by atoms with Gasteiger partial charge in [0.1, 0.15) is 5.69 Å². The summed E-state index contributed by atoms with van der Waals surface area (Å²) in [6.07, 6.45) is -1.43. The summed E-state index contributed by atoms with van der Waals surface area (Å²) in [4.78, 5) is 26.3. The van der Waals surface area contributed by atoms with Crippen molar-refractivity contribution in [2.45, 2.75) is 25.9 Å². The van der Waals surface area contributed by atoms with E-state index in [2.05, 4.69) is 13.8 Å². The first kappa shape index (κ1) is 23.3. The molecule has 0 aliphatic carbocycles. The number of rotatable bonds is 5. The van der Waals surface area contributed by atoms with Gasteiger partial charge in [0, 0.05) is 38.3 Å². The van der Waals surface area contributed by atoms with Crippen molar-refractivity contribution in [3.63, 3.8) is 0 Å². The number of nitrogens with zero attached hydrogens (tertiary/aromatic N) is 3. The molecular weight excluding hydrogens is 423 g/mol. The van der Waals surface area contributed by atoms with Gasteiger partial charge in [0.2, 0.25) is 5.91 Å². The third-order valence-corrected chi connectivity index (χ3v) is 5.45. The van der Waals surface area contributed by atoms with Crippen molar-refractivity contribution in [1.29, 1.82) is 0 Å². The average Bonchev–Trinajstić information content (AvgIpc) is 2.76. The number of carbonyl (C=O) groups excluding carboxylic acids is 1. The van der Waals surface area contributed by atoms with Gasteiger partial charge >= 0.3 is 6.18 Å². The topological polar surface area (TPSA) is 66.7 Å². The third-order valence-electron chi connectivity index (χ3n) is 5.45. The van der Waals surface area contributed by atoms with E-state index >= 15 is 0 Å². The van der Waals surface area contributed by atoms with E-state index in [1.165, 1.54) is 11.6 Å². The van der Waals surface area contributed by atoms with E-state index in [4.69, 9.17) is 0 Å². The summed E-state index contributed by atoms with van der Waals surface area (Å²) in [6.45, 7) is 5.41. The van der Waals surface area contributed by atoms with Crippen LogP contribution in [0.2, 0.25) is 0 Å². The highest BCUT2D eigenvalue weighted by Gasteiger charge is 2.34. The first-order chi connectivity index (χ1) is 15.1. The highest BCUT2D eigenvalue weighted by Crippen LogP contribution is 2.36. The summed E-state index contributed by atoms with van der Waals surface area (Å²) in [5, 5.41) is 11.3. The molecule has 2 aromatic rings. The molecule has 0 bridgehead atoms. The van der Waals surface area contributed by atoms with Gasteiger partial charge in [-0.2, -0.15) is 13.2 Å². The number of amides is 1. The molecule has 0 saturated carbocycles. The first-order valence-corrected chi connectivity index (χ1v) is 10.2. The van der Waals surface area contributed by atoms with Crippen LogP contribution in [-0.4, -0.2) is 41.9 Å². The predicted octanol–water partition coefficient (Wildman–Crippen LogP) is 5.10. The molecule has 2 aromatic carbocycles. The Morgan fingerprint density at radius 2 is 1.69 bits per heavy atom. The van der Waals surface area contributed by atoms with Gasteiger partial charge < -0.3 is 9.80 Å². The van der Waals surface area contributed by atoms with Gasteiger partial charge in [-0.3, -0.25) is 14.9 Å². The van der Waals surface area contributed by atoms with Gasteiger partial charge in [-0.1, -0.05) is 38.1 Å². The van der Waals surface area contributed by atoms with Crippen molar-refractivity contribution in [2.24, 2.45) is 0 Å². The van der Waals surface area contributed by atoms with E-state index in [9.17, 15) is 28.1 Å². The number of carbonyl (C=O) groups is 1. The first-order valence-electron chi connectivity index (χ1n) is 10.2. The van der Waals surface area contributed by atoms with E-state index in [-0.39, 0.29) is 24.7 Å².